The molecule has 2 atom stereocenters. The molecule has 0 unspecified atom stereocenters. The number of nitrogens with zero attached hydrogens (tertiary/aromatic N) is 2. The molecule has 0 bridgehead atoms. The standard InChI is InChI=1S/C19H19N3O3/c23-15-8-4-5-13(9-15)10-22-11-16-17(12-22)25-21-18(16)19(24)20-14-6-2-1-3-7-14/h1-9,16-17,23H,10-12H2,(H,20,24)/t16-,17+/m0/s1. The fraction of sp³-hybridized carbons (Fsp3) is 0.263. The van der Waals surface area contributed by atoms with Gasteiger partial charge in [-0.2, -0.15) is 0 Å². The molecule has 2 aliphatic rings. The smallest absolute Gasteiger partial charge is 0.273 e. The number of carbonyl (C=O) groups is 1. The number of para-hydroxylation sites is 1. The highest BCUT2D eigenvalue weighted by Crippen LogP contribution is 2.29. The highest BCUT2D eigenvalue weighted by molar-refractivity contribution is 6.44. The molecule has 0 spiro atoms. The Labute approximate surface area is 145 Å². The molecule has 4 rings (SSSR count). The number of carbonyl (C=O) groups excluding carboxylic acids is 1. The molecular formula is C19H19N3O3. The minimum Gasteiger partial charge on any atom is -0.508 e. The van der Waals surface area contributed by atoms with Crippen LogP contribution in [-0.4, -0.2) is 40.8 Å². The van der Waals surface area contributed by atoms with Gasteiger partial charge in [-0.05, 0) is 29.8 Å². The number of aromatic hydroxyl groups is 1. The van der Waals surface area contributed by atoms with Crippen LogP contribution in [0.25, 0.3) is 0 Å². The zero-order valence-electron chi connectivity index (χ0n) is 13.6. The number of phenolic OH excluding ortho intramolecular Hbond substituents is 1. The van der Waals surface area contributed by atoms with E-state index in [4.69, 9.17) is 4.84 Å². The number of fused-ring (bicyclic) bond motifs is 1. The largest absolute Gasteiger partial charge is 0.508 e. The maximum Gasteiger partial charge on any atom is 0.273 e. The first kappa shape index (κ1) is 15.7. The van der Waals surface area contributed by atoms with Crippen molar-refractivity contribution in [1.82, 2.24) is 4.90 Å². The van der Waals surface area contributed by atoms with Crippen molar-refractivity contribution in [1.29, 1.82) is 0 Å². The molecule has 0 radical (unpaired) electrons. The van der Waals surface area contributed by atoms with Crippen molar-refractivity contribution < 1.29 is 14.7 Å². The number of phenols is 1. The third-order valence-electron chi connectivity index (χ3n) is 4.56. The summed E-state index contributed by atoms with van der Waals surface area (Å²) < 4.78 is 0. The summed E-state index contributed by atoms with van der Waals surface area (Å²) in [5.41, 5.74) is 2.23. The van der Waals surface area contributed by atoms with Crippen molar-refractivity contribution in [3.8, 4) is 5.75 Å². The SMILES string of the molecule is O=C(Nc1ccccc1)C1=NO[C@@H]2CN(Cc3cccc(O)c3)C[C@H]12. The van der Waals surface area contributed by atoms with Gasteiger partial charge in [-0.1, -0.05) is 35.5 Å². The Bertz CT molecular complexity index is 807. The summed E-state index contributed by atoms with van der Waals surface area (Å²) in [4.78, 5) is 20.2. The second kappa shape index (κ2) is 6.57. The number of benzene rings is 2. The molecule has 6 heteroatoms. The second-order valence-electron chi connectivity index (χ2n) is 6.41. The van der Waals surface area contributed by atoms with Crippen LogP contribution >= 0.6 is 0 Å². The van der Waals surface area contributed by atoms with Crippen LogP contribution in [0.4, 0.5) is 5.69 Å². The van der Waals surface area contributed by atoms with E-state index in [2.05, 4.69) is 15.4 Å². The van der Waals surface area contributed by atoms with Crippen LogP contribution in [0.3, 0.4) is 0 Å². The third-order valence-corrected chi connectivity index (χ3v) is 4.56. The maximum atomic E-state index is 12.5. The molecular weight excluding hydrogens is 318 g/mol. The normalized spacial score (nSPS) is 22.2. The number of rotatable bonds is 4. The number of likely N-dealkylation sites (tertiary alicyclic amines) is 1. The Kier molecular flexibility index (Phi) is 4.11. The summed E-state index contributed by atoms with van der Waals surface area (Å²) >= 11 is 0. The molecule has 2 aromatic rings. The Hall–Kier alpha value is -2.86. The van der Waals surface area contributed by atoms with Gasteiger partial charge in [0.2, 0.25) is 0 Å². The minimum atomic E-state index is -0.210. The zero-order chi connectivity index (χ0) is 17.2. The molecule has 25 heavy (non-hydrogen) atoms. The van der Waals surface area contributed by atoms with Crippen LogP contribution < -0.4 is 5.32 Å². The van der Waals surface area contributed by atoms with Crippen molar-refractivity contribution in [3.05, 3.63) is 60.2 Å². The van der Waals surface area contributed by atoms with Crippen molar-refractivity contribution in [2.24, 2.45) is 11.1 Å². The lowest BCUT2D eigenvalue weighted by Gasteiger charge is -2.16. The topological polar surface area (TPSA) is 74.2 Å². The van der Waals surface area contributed by atoms with E-state index in [1.807, 2.05) is 42.5 Å². The Morgan fingerprint density at radius 2 is 2.04 bits per heavy atom. The zero-order valence-corrected chi connectivity index (χ0v) is 13.6. The van der Waals surface area contributed by atoms with E-state index in [1.54, 1.807) is 12.1 Å². The number of hydrogen-bond donors (Lipinski definition) is 2. The van der Waals surface area contributed by atoms with Gasteiger partial charge in [-0.15, -0.1) is 0 Å². The minimum absolute atomic E-state index is 0.0268. The quantitative estimate of drug-likeness (QED) is 0.897. The molecule has 0 aromatic heterocycles. The van der Waals surface area contributed by atoms with Crippen LogP contribution in [0.2, 0.25) is 0 Å². The average molecular weight is 337 g/mol. The number of hydrogen-bond acceptors (Lipinski definition) is 5. The number of nitrogens with one attached hydrogen (secondary N) is 1. The summed E-state index contributed by atoms with van der Waals surface area (Å²) in [6, 6.07) is 16.6. The number of oxime groups is 1. The fourth-order valence-corrected chi connectivity index (χ4v) is 3.38. The van der Waals surface area contributed by atoms with E-state index in [9.17, 15) is 9.90 Å². The molecule has 2 aliphatic heterocycles. The summed E-state index contributed by atoms with van der Waals surface area (Å²) in [7, 11) is 0. The van der Waals surface area contributed by atoms with Gasteiger partial charge < -0.3 is 15.3 Å². The van der Waals surface area contributed by atoms with Gasteiger partial charge in [0.25, 0.3) is 5.91 Å². The summed E-state index contributed by atoms with van der Waals surface area (Å²) in [5.74, 6) is 0.0246. The summed E-state index contributed by atoms with van der Waals surface area (Å²) in [6.45, 7) is 2.13. The highest BCUT2D eigenvalue weighted by atomic mass is 16.6. The van der Waals surface area contributed by atoms with E-state index in [-0.39, 0.29) is 23.7 Å². The highest BCUT2D eigenvalue weighted by Gasteiger charge is 2.44. The van der Waals surface area contributed by atoms with Crippen molar-refractivity contribution in [3.63, 3.8) is 0 Å². The molecule has 1 saturated heterocycles. The number of anilines is 1. The molecule has 1 amide bonds. The van der Waals surface area contributed by atoms with Crippen molar-refractivity contribution in [2.75, 3.05) is 18.4 Å². The lowest BCUT2D eigenvalue weighted by Crippen LogP contribution is -2.32. The van der Waals surface area contributed by atoms with Gasteiger partial charge in [0.05, 0.1) is 5.92 Å². The predicted octanol–water partition coefficient (Wildman–Crippen LogP) is 2.22. The van der Waals surface area contributed by atoms with E-state index >= 15 is 0 Å². The monoisotopic (exact) mass is 337 g/mol. The van der Waals surface area contributed by atoms with Crippen LogP contribution in [0.5, 0.6) is 5.75 Å². The van der Waals surface area contributed by atoms with Crippen molar-refractivity contribution >= 4 is 17.3 Å². The van der Waals surface area contributed by atoms with Crippen LogP contribution in [0.1, 0.15) is 5.56 Å². The Balaban J connectivity index is 1.40. The van der Waals surface area contributed by atoms with Crippen molar-refractivity contribution in [2.45, 2.75) is 12.6 Å². The molecule has 128 valence electrons. The summed E-state index contributed by atoms with van der Waals surface area (Å²) in [6.07, 6.45) is -0.0890. The van der Waals surface area contributed by atoms with Gasteiger partial charge in [0.15, 0.2) is 5.71 Å². The lowest BCUT2D eigenvalue weighted by atomic mass is 10.0. The molecule has 1 fully saturated rings. The van der Waals surface area contributed by atoms with E-state index in [0.717, 1.165) is 11.3 Å². The molecule has 2 aromatic carbocycles. The maximum absolute atomic E-state index is 12.5. The van der Waals surface area contributed by atoms with Gasteiger partial charge in [0, 0.05) is 25.3 Å². The van der Waals surface area contributed by atoms with E-state index in [1.165, 1.54) is 0 Å². The first-order chi connectivity index (χ1) is 12.2. The third kappa shape index (κ3) is 3.34. The lowest BCUT2D eigenvalue weighted by molar-refractivity contribution is -0.110. The van der Waals surface area contributed by atoms with Gasteiger partial charge in [-0.3, -0.25) is 9.69 Å². The first-order valence-electron chi connectivity index (χ1n) is 8.29. The van der Waals surface area contributed by atoms with E-state index in [0.29, 0.717) is 25.3 Å². The second-order valence-corrected chi connectivity index (χ2v) is 6.41. The Morgan fingerprint density at radius 3 is 2.84 bits per heavy atom. The average Bonchev–Trinajstić information content (AvgIpc) is 3.15. The first-order valence-corrected chi connectivity index (χ1v) is 8.29. The predicted molar refractivity (Wildman–Crippen MR) is 94.3 cm³/mol. The Morgan fingerprint density at radius 1 is 1.20 bits per heavy atom. The molecule has 0 aliphatic carbocycles. The van der Waals surface area contributed by atoms with Gasteiger partial charge in [0.1, 0.15) is 11.9 Å². The van der Waals surface area contributed by atoms with Gasteiger partial charge in [-0.25, -0.2) is 0 Å². The van der Waals surface area contributed by atoms with Gasteiger partial charge >= 0.3 is 0 Å². The van der Waals surface area contributed by atoms with Crippen LogP contribution in [-0.2, 0) is 16.2 Å². The molecule has 6 nitrogen and oxygen atoms in total. The summed E-state index contributed by atoms with van der Waals surface area (Å²) in [5, 5.41) is 16.5. The van der Waals surface area contributed by atoms with Crippen LogP contribution in [0.15, 0.2) is 59.8 Å². The number of amides is 1. The molecule has 2 heterocycles. The molecule has 2 N–H and O–H groups in total. The fourth-order valence-electron chi connectivity index (χ4n) is 3.38. The molecule has 0 saturated carbocycles. The van der Waals surface area contributed by atoms with Crippen LogP contribution in [0, 0.1) is 5.92 Å². The van der Waals surface area contributed by atoms with E-state index < -0.39 is 0 Å².